The van der Waals surface area contributed by atoms with Crippen molar-refractivity contribution in [3.63, 3.8) is 0 Å². The van der Waals surface area contributed by atoms with E-state index in [1.807, 2.05) is 122 Å². The van der Waals surface area contributed by atoms with Crippen LogP contribution in [0.1, 0.15) is 90.9 Å². The molecule has 4 atom stereocenters. The zero-order valence-corrected chi connectivity index (χ0v) is 67.5. The van der Waals surface area contributed by atoms with Crippen molar-refractivity contribution in [2.24, 2.45) is 23.7 Å². The van der Waals surface area contributed by atoms with Gasteiger partial charge in [0.05, 0.1) is 24.7 Å². The smallest absolute Gasteiger partial charge is 0.307 e. The van der Waals surface area contributed by atoms with Crippen molar-refractivity contribution < 1.29 is 57.4 Å². The molecule has 0 aromatic rings. The molecule has 0 aromatic heterocycles. The van der Waals surface area contributed by atoms with Crippen molar-refractivity contribution in [2.45, 2.75) is 90.9 Å². The lowest BCUT2D eigenvalue weighted by Crippen LogP contribution is -2.42. The van der Waals surface area contributed by atoms with Gasteiger partial charge in [-0.15, -0.1) is 0 Å². The SMILES string of the molecule is CCCCNC(=O)C(CC(=O)CC(CC(=O)C(CC(=O)CC(CC)C(=O)N(C)CCN(C)CCN(C)CCC(=O)OCCN(C)CCN(C)C)CC(=O)N(C)CCN(C)CCN(C)CCC(=O)OCCN(C)CCN(C)C)C(=O)N(C)CCN(C)CCNC)CC(=O)N(C)CCN(C)CCNC. The number of nitrogens with one attached hydrogen (secondary N) is 3. The molecule has 102 heavy (non-hydrogen) atoms. The van der Waals surface area contributed by atoms with Gasteiger partial charge in [0.15, 0.2) is 0 Å². The summed E-state index contributed by atoms with van der Waals surface area (Å²) in [5.41, 5.74) is 0. The predicted molar refractivity (Wildman–Crippen MR) is 406 cm³/mol. The molecule has 5 amide bonds. The van der Waals surface area contributed by atoms with Crippen LogP contribution in [0.2, 0.25) is 0 Å². The van der Waals surface area contributed by atoms with E-state index in [0.29, 0.717) is 137 Å². The average Bonchev–Trinajstić information content (AvgIpc) is 0.856. The van der Waals surface area contributed by atoms with Gasteiger partial charge in [0.25, 0.3) is 0 Å². The van der Waals surface area contributed by atoms with Crippen LogP contribution in [0.15, 0.2) is 0 Å². The Morgan fingerprint density at radius 2 is 0.647 bits per heavy atom. The van der Waals surface area contributed by atoms with Gasteiger partial charge in [-0.05, 0) is 112 Å². The number of Topliss-reactive ketones (excluding diaryl/α,β-unsaturated/α-hetero) is 3. The summed E-state index contributed by atoms with van der Waals surface area (Å²) in [6.07, 6.45) is -0.124. The number of carbonyl (C=O) groups is 10. The normalized spacial score (nSPS) is 13.1. The minimum Gasteiger partial charge on any atom is -0.464 e. The van der Waals surface area contributed by atoms with Gasteiger partial charge in [0, 0.05) is 249 Å². The number of hydrogen-bond acceptors (Lipinski definition) is 24. The summed E-state index contributed by atoms with van der Waals surface area (Å²) in [6, 6.07) is 0. The van der Waals surface area contributed by atoms with Crippen LogP contribution < -0.4 is 16.0 Å². The van der Waals surface area contributed by atoms with E-state index in [0.717, 1.165) is 45.7 Å². The van der Waals surface area contributed by atoms with Gasteiger partial charge >= 0.3 is 11.9 Å². The topological polar surface area (TPSA) is 271 Å². The zero-order chi connectivity index (χ0) is 77.3. The van der Waals surface area contributed by atoms with E-state index in [2.05, 4.69) is 55.1 Å². The molecule has 0 aliphatic heterocycles. The number of rotatable bonds is 64. The predicted octanol–water partition coefficient (Wildman–Crippen LogP) is -0.0679. The van der Waals surface area contributed by atoms with Crippen molar-refractivity contribution in [3.05, 3.63) is 0 Å². The second-order valence-corrected chi connectivity index (χ2v) is 29.1. The van der Waals surface area contributed by atoms with Crippen LogP contribution in [0.4, 0.5) is 0 Å². The number of ketones is 3. The minimum absolute atomic E-state index is 0.188. The molecule has 0 saturated carbocycles. The lowest BCUT2D eigenvalue weighted by atomic mass is 9.83. The Labute approximate surface area is 616 Å². The molecule has 0 saturated heterocycles. The van der Waals surface area contributed by atoms with Gasteiger partial charge in [-0.25, -0.2) is 0 Å². The molecule has 0 aliphatic rings. The second kappa shape index (κ2) is 57.1. The molecule has 0 radical (unpaired) electrons. The molecule has 3 N–H and O–H groups in total. The van der Waals surface area contributed by atoms with Gasteiger partial charge in [0.2, 0.25) is 29.5 Å². The third-order valence-electron chi connectivity index (χ3n) is 18.8. The molecule has 0 spiro atoms. The molecular formula is C73H145N17O12. The number of unbranched alkanes of at least 4 members (excludes halogenated alkanes) is 1. The van der Waals surface area contributed by atoms with Crippen LogP contribution in [-0.4, -0.2) is 431 Å². The zero-order valence-electron chi connectivity index (χ0n) is 67.5. The lowest BCUT2D eigenvalue weighted by Gasteiger charge is -2.28. The Morgan fingerprint density at radius 1 is 0.324 bits per heavy atom. The Hall–Kier alpha value is -5.18. The molecule has 0 fully saturated rings. The second-order valence-electron chi connectivity index (χ2n) is 29.1. The van der Waals surface area contributed by atoms with Crippen LogP contribution in [-0.2, 0) is 57.4 Å². The highest BCUT2D eigenvalue weighted by Gasteiger charge is 2.36. The van der Waals surface area contributed by atoms with E-state index in [9.17, 15) is 43.2 Å². The molecule has 0 heterocycles. The number of likely N-dealkylation sites (N-methyl/N-ethyl adjacent to an activating group) is 16. The number of esters is 2. The Bertz CT molecular complexity index is 2380. The molecule has 29 heteroatoms. The first-order valence-electron chi connectivity index (χ1n) is 37.4. The van der Waals surface area contributed by atoms with E-state index in [4.69, 9.17) is 9.47 Å². The number of amides is 5. The molecule has 0 aliphatic carbocycles. The Balaban J connectivity index is 6.77. The van der Waals surface area contributed by atoms with Gasteiger partial charge in [-0.3, -0.25) is 47.9 Å². The third-order valence-corrected chi connectivity index (χ3v) is 18.8. The first-order chi connectivity index (χ1) is 48.2. The van der Waals surface area contributed by atoms with E-state index < -0.39 is 71.6 Å². The fourth-order valence-corrected chi connectivity index (χ4v) is 10.8. The van der Waals surface area contributed by atoms with Crippen LogP contribution >= 0.6 is 0 Å². The maximum absolute atomic E-state index is 15.1. The highest BCUT2D eigenvalue weighted by atomic mass is 16.5. The van der Waals surface area contributed by atoms with E-state index >= 15 is 4.79 Å². The van der Waals surface area contributed by atoms with Crippen molar-refractivity contribution >= 4 is 58.8 Å². The quantitative estimate of drug-likeness (QED) is 0.0531. The largest absolute Gasteiger partial charge is 0.464 e. The van der Waals surface area contributed by atoms with Crippen LogP contribution in [0.25, 0.3) is 0 Å². The van der Waals surface area contributed by atoms with Crippen molar-refractivity contribution in [2.75, 3.05) is 304 Å². The van der Waals surface area contributed by atoms with Crippen LogP contribution in [0.5, 0.6) is 0 Å². The summed E-state index contributed by atoms with van der Waals surface area (Å²) < 4.78 is 11.0. The molecule has 4 unspecified atom stereocenters. The fourth-order valence-electron chi connectivity index (χ4n) is 10.8. The number of carbonyl (C=O) groups excluding carboxylic acids is 10. The molecule has 29 nitrogen and oxygen atoms in total. The fraction of sp³-hybridized carbons (Fsp3) is 0.863. The third kappa shape index (κ3) is 48.0. The van der Waals surface area contributed by atoms with Crippen molar-refractivity contribution in [3.8, 4) is 0 Å². The highest BCUT2D eigenvalue weighted by molar-refractivity contribution is 5.97. The number of hydrogen-bond donors (Lipinski definition) is 3. The number of ether oxygens (including phenoxy) is 2. The van der Waals surface area contributed by atoms with Crippen molar-refractivity contribution in [1.82, 2.24) is 84.5 Å². The summed E-state index contributed by atoms with van der Waals surface area (Å²) in [5.74, 6) is -8.06. The summed E-state index contributed by atoms with van der Waals surface area (Å²) >= 11 is 0. The van der Waals surface area contributed by atoms with Gasteiger partial charge < -0.3 is 94.0 Å². The molecule has 0 aromatic carbocycles. The summed E-state index contributed by atoms with van der Waals surface area (Å²) in [6.45, 7) is 19.7. The number of nitrogens with zero attached hydrogens (tertiary/aromatic N) is 14. The van der Waals surface area contributed by atoms with Crippen molar-refractivity contribution in [1.29, 1.82) is 0 Å². The van der Waals surface area contributed by atoms with Crippen LogP contribution in [0.3, 0.4) is 0 Å². The first kappa shape index (κ1) is 96.8. The monoisotopic (exact) mass is 1450 g/mol. The van der Waals surface area contributed by atoms with Crippen LogP contribution in [0, 0.1) is 23.7 Å². The van der Waals surface area contributed by atoms with E-state index in [1.165, 1.54) is 9.80 Å². The average molecular weight is 1450 g/mol. The maximum Gasteiger partial charge on any atom is 0.307 e. The van der Waals surface area contributed by atoms with E-state index in [1.54, 1.807) is 38.0 Å². The molecule has 594 valence electrons. The molecule has 0 bridgehead atoms. The first-order valence-corrected chi connectivity index (χ1v) is 37.4. The Kier molecular flexibility index (Phi) is 54.2. The van der Waals surface area contributed by atoms with Gasteiger partial charge in [-0.2, -0.15) is 0 Å². The van der Waals surface area contributed by atoms with E-state index in [-0.39, 0.29) is 81.8 Å². The summed E-state index contributed by atoms with van der Waals surface area (Å²) in [5, 5.41) is 9.14. The van der Waals surface area contributed by atoms with Gasteiger partial charge in [-0.1, -0.05) is 20.3 Å². The minimum atomic E-state index is -1.23. The highest BCUT2D eigenvalue weighted by Crippen LogP contribution is 2.26. The molecular weight excluding hydrogens is 1310 g/mol. The standard InChI is InChI=1S/C73H145N17O12/c1-21-23-26-76-71(98)62(59-68(95)88(18)45-41-81(11)31-27-74-3)55-65(92)56-63(73(100)90(20)47-43-82(12)32-28-75-4)57-66(93)61(58-67(94)87(17)46-42-83(13)39-37-79(9)29-24-69(96)101-51-49-85(15)35-33-77(5)6)54-64(91)53-60(22-2)72(99)89(19)48-44-84(14)40-38-80(10)30-25-70(97)102-52-50-86(16)36-34-78(7)8/h60-63,74-75H,21-59H2,1-20H3,(H,76,98). The maximum atomic E-state index is 15.1. The lowest BCUT2D eigenvalue weighted by molar-refractivity contribution is -0.145. The Morgan fingerprint density at radius 3 is 1.04 bits per heavy atom. The van der Waals surface area contributed by atoms with Gasteiger partial charge in [0.1, 0.15) is 30.6 Å². The summed E-state index contributed by atoms with van der Waals surface area (Å²) in [4.78, 5) is 167. The molecule has 0 rings (SSSR count). The summed E-state index contributed by atoms with van der Waals surface area (Å²) in [7, 11) is 34.1.